The molecule has 0 aliphatic carbocycles. The van der Waals surface area contributed by atoms with E-state index >= 15 is 0 Å². The average Bonchev–Trinajstić information content (AvgIpc) is 2.65. The minimum absolute atomic E-state index is 0.101. The van der Waals surface area contributed by atoms with Crippen molar-refractivity contribution in [3.63, 3.8) is 0 Å². The first-order valence-corrected chi connectivity index (χ1v) is 7.84. The summed E-state index contributed by atoms with van der Waals surface area (Å²) in [4.78, 5) is 24.6. The highest BCUT2D eigenvalue weighted by atomic mass is 16.6. The highest BCUT2D eigenvalue weighted by Gasteiger charge is 2.17. The van der Waals surface area contributed by atoms with E-state index in [1.165, 1.54) is 0 Å². The SMILES string of the molecule is O=C(CCC(=O)c1ccccc1CO)c1ccc2c(c1)OCCO2. The predicted octanol–water partition coefficient (Wildman–Crippen LogP) is 2.80. The highest BCUT2D eigenvalue weighted by Crippen LogP contribution is 2.31. The van der Waals surface area contributed by atoms with Crippen molar-refractivity contribution in [2.75, 3.05) is 13.2 Å². The van der Waals surface area contributed by atoms with Crippen LogP contribution in [0.4, 0.5) is 0 Å². The van der Waals surface area contributed by atoms with Crippen LogP contribution in [0.3, 0.4) is 0 Å². The smallest absolute Gasteiger partial charge is 0.163 e. The molecule has 0 spiro atoms. The maximum atomic E-state index is 12.3. The number of hydrogen-bond donors (Lipinski definition) is 1. The molecule has 5 nitrogen and oxygen atoms in total. The summed E-state index contributed by atoms with van der Waals surface area (Å²) in [7, 11) is 0. The number of hydrogen-bond acceptors (Lipinski definition) is 5. The number of benzene rings is 2. The molecule has 1 aliphatic rings. The molecular formula is C19H18O5. The van der Waals surface area contributed by atoms with E-state index in [0.717, 1.165) is 0 Å². The van der Waals surface area contributed by atoms with E-state index in [0.29, 0.717) is 41.4 Å². The van der Waals surface area contributed by atoms with Crippen molar-refractivity contribution >= 4 is 11.6 Å². The van der Waals surface area contributed by atoms with Crippen molar-refractivity contribution in [2.24, 2.45) is 0 Å². The number of aliphatic hydroxyl groups is 1. The van der Waals surface area contributed by atoms with Gasteiger partial charge in [0.1, 0.15) is 13.2 Å². The highest BCUT2D eigenvalue weighted by molar-refractivity contribution is 6.03. The van der Waals surface area contributed by atoms with Gasteiger partial charge in [0.15, 0.2) is 23.1 Å². The summed E-state index contributed by atoms with van der Waals surface area (Å²) in [5.74, 6) is 0.919. The van der Waals surface area contributed by atoms with Crippen LogP contribution in [0.1, 0.15) is 39.1 Å². The maximum Gasteiger partial charge on any atom is 0.163 e. The zero-order valence-electron chi connectivity index (χ0n) is 13.2. The van der Waals surface area contributed by atoms with Gasteiger partial charge in [-0.25, -0.2) is 0 Å². The van der Waals surface area contributed by atoms with Gasteiger partial charge >= 0.3 is 0 Å². The third kappa shape index (κ3) is 3.46. The number of aliphatic hydroxyl groups excluding tert-OH is 1. The lowest BCUT2D eigenvalue weighted by molar-refractivity contribution is 0.0915. The van der Waals surface area contributed by atoms with Crippen molar-refractivity contribution in [2.45, 2.75) is 19.4 Å². The van der Waals surface area contributed by atoms with Crippen LogP contribution < -0.4 is 9.47 Å². The molecule has 24 heavy (non-hydrogen) atoms. The fourth-order valence-corrected chi connectivity index (χ4v) is 2.65. The van der Waals surface area contributed by atoms with Gasteiger partial charge in [-0.05, 0) is 23.8 Å². The molecule has 5 heteroatoms. The first-order chi connectivity index (χ1) is 11.7. The number of ketones is 2. The van der Waals surface area contributed by atoms with Crippen LogP contribution in [0.15, 0.2) is 42.5 Å². The number of ether oxygens (including phenoxy) is 2. The Bertz CT molecular complexity index is 766. The van der Waals surface area contributed by atoms with Crippen LogP contribution in [-0.2, 0) is 6.61 Å². The Morgan fingerprint density at radius 1 is 0.917 bits per heavy atom. The van der Waals surface area contributed by atoms with E-state index < -0.39 is 0 Å². The summed E-state index contributed by atoms with van der Waals surface area (Å²) in [6.07, 6.45) is 0.211. The van der Waals surface area contributed by atoms with E-state index in [9.17, 15) is 14.7 Å². The van der Waals surface area contributed by atoms with Gasteiger partial charge in [-0.15, -0.1) is 0 Å². The Morgan fingerprint density at radius 2 is 1.62 bits per heavy atom. The van der Waals surface area contributed by atoms with Crippen molar-refractivity contribution in [1.29, 1.82) is 0 Å². The molecule has 2 aromatic carbocycles. The molecule has 2 aromatic rings. The van der Waals surface area contributed by atoms with Crippen LogP contribution >= 0.6 is 0 Å². The molecule has 0 amide bonds. The summed E-state index contributed by atoms with van der Waals surface area (Å²) in [6, 6.07) is 11.9. The number of fused-ring (bicyclic) bond motifs is 1. The summed E-state index contributed by atoms with van der Waals surface area (Å²) in [5.41, 5.74) is 1.55. The molecular weight excluding hydrogens is 308 g/mol. The molecule has 124 valence electrons. The van der Waals surface area contributed by atoms with E-state index in [4.69, 9.17) is 9.47 Å². The number of carbonyl (C=O) groups is 2. The molecule has 1 N–H and O–H groups in total. The molecule has 0 unspecified atom stereocenters. The molecule has 1 heterocycles. The van der Waals surface area contributed by atoms with Gasteiger partial charge in [0.25, 0.3) is 0 Å². The van der Waals surface area contributed by atoms with Crippen molar-refractivity contribution < 1.29 is 24.2 Å². The van der Waals surface area contributed by atoms with Gasteiger partial charge < -0.3 is 14.6 Å². The molecule has 3 rings (SSSR count). The van der Waals surface area contributed by atoms with Gasteiger partial charge in [-0.1, -0.05) is 24.3 Å². The van der Waals surface area contributed by atoms with Crippen LogP contribution in [-0.4, -0.2) is 29.9 Å². The summed E-state index contributed by atoms with van der Waals surface area (Å²) >= 11 is 0. The number of Topliss-reactive ketones (excluding diaryl/α,β-unsaturated/α-hetero) is 2. The lowest BCUT2D eigenvalue weighted by Gasteiger charge is -2.18. The molecule has 0 saturated carbocycles. The fraction of sp³-hybridized carbons (Fsp3) is 0.263. The molecule has 0 saturated heterocycles. The van der Waals surface area contributed by atoms with E-state index in [1.807, 2.05) is 0 Å². The first-order valence-electron chi connectivity index (χ1n) is 7.84. The van der Waals surface area contributed by atoms with Crippen molar-refractivity contribution in [3.05, 3.63) is 59.2 Å². The van der Waals surface area contributed by atoms with E-state index in [-0.39, 0.29) is 31.0 Å². The topological polar surface area (TPSA) is 72.8 Å². The minimum Gasteiger partial charge on any atom is -0.486 e. The number of carbonyl (C=O) groups excluding carboxylic acids is 2. The van der Waals surface area contributed by atoms with E-state index in [2.05, 4.69) is 0 Å². The van der Waals surface area contributed by atoms with Crippen LogP contribution in [0.25, 0.3) is 0 Å². The lowest BCUT2D eigenvalue weighted by Crippen LogP contribution is -2.16. The molecule has 0 radical (unpaired) electrons. The Hall–Kier alpha value is -2.66. The molecule has 0 fully saturated rings. The van der Waals surface area contributed by atoms with Gasteiger partial charge in [-0.3, -0.25) is 9.59 Å². The Morgan fingerprint density at radius 3 is 2.42 bits per heavy atom. The average molecular weight is 326 g/mol. The summed E-state index contributed by atoms with van der Waals surface area (Å²) in [6.45, 7) is 0.762. The molecule has 0 bridgehead atoms. The second-order valence-corrected chi connectivity index (χ2v) is 5.52. The summed E-state index contributed by atoms with van der Waals surface area (Å²) in [5, 5.41) is 9.29. The standard InChI is InChI=1S/C19H18O5/c20-12-14-3-1-2-4-15(14)17(22)7-6-16(21)13-5-8-18-19(11-13)24-10-9-23-18/h1-5,8,11,20H,6-7,9-10,12H2. The zero-order chi connectivity index (χ0) is 16.9. The largest absolute Gasteiger partial charge is 0.486 e. The first kappa shape index (κ1) is 16.2. The van der Waals surface area contributed by atoms with Crippen LogP contribution in [0.2, 0.25) is 0 Å². The van der Waals surface area contributed by atoms with Crippen LogP contribution in [0.5, 0.6) is 11.5 Å². The third-order valence-corrected chi connectivity index (χ3v) is 3.93. The number of rotatable bonds is 6. The second-order valence-electron chi connectivity index (χ2n) is 5.52. The summed E-state index contributed by atoms with van der Waals surface area (Å²) < 4.78 is 10.9. The van der Waals surface area contributed by atoms with Gasteiger partial charge in [0.05, 0.1) is 6.61 Å². The fourth-order valence-electron chi connectivity index (χ4n) is 2.65. The van der Waals surface area contributed by atoms with Crippen LogP contribution in [0, 0.1) is 0 Å². The van der Waals surface area contributed by atoms with Crippen molar-refractivity contribution in [1.82, 2.24) is 0 Å². The van der Waals surface area contributed by atoms with Gasteiger partial charge in [0.2, 0.25) is 0 Å². The van der Waals surface area contributed by atoms with Gasteiger partial charge in [-0.2, -0.15) is 0 Å². The monoisotopic (exact) mass is 326 g/mol. The van der Waals surface area contributed by atoms with E-state index in [1.54, 1.807) is 42.5 Å². The maximum absolute atomic E-state index is 12.3. The molecule has 1 aliphatic heterocycles. The van der Waals surface area contributed by atoms with Gasteiger partial charge in [0, 0.05) is 24.0 Å². The lowest BCUT2D eigenvalue weighted by atomic mass is 9.98. The predicted molar refractivity (Wildman–Crippen MR) is 87.7 cm³/mol. The van der Waals surface area contributed by atoms with Crippen molar-refractivity contribution in [3.8, 4) is 11.5 Å². The third-order valence-electron chi connectivity index (χ3n) is 3.93. The minimum atomic E-state index is -0.196. The molecule has 0 aromatic heterocycles. The Balaban J connectivity index is 1.66. The Labute approximate surface area is 139 Å². The Kier molecular flexibility index (Phi) is 4.91. The quantitative estimate of drug-likeness (QED) is 0.826. The second kappa shape index (κ2) is 7.27. The normalized spacial score (nSPS) is 12.7. The zero-order valence-corrected chi connectivity index (χ0v) is 13.2. The molecule has 0 atom stereocenters.